The lowest BCUT2D eigenvalue weighted by Crippen LogP contribution is -2.82. The fourth-order valence-electron chi connectivity index (χ4n) is 9.67. The minimum absolute atomic E-state index is 0.0827. The third-order valence-corrected chi connectivity index (χ3v) is 10.1. The molecule has 0 radical (unpaired) electrons. The molecule has 162 valence electrons. The van der Waals surface area contributed by atoms with Crippen molar-refractivity contribution in [2.24, 2.45) is 11.3 Å². The molecule has 31 heavy (non-hydrogen) atoms. The summed E-state index contributed by atoms with van der Waals surface area (Å²) in [6.45, 7) is 1.70. The number of hydrogen-bond donors (Lipinski definition) is 1. The van der Waals surface area contributed by atoms with Gasteiger partial charge in [0.05, 0.1) is 23.8 Å². The van der Waals surface area contributed by atoms with Crippen LogP contribution in [0.2, 0.25) is 0 Å². The number of methoxy groups -OCH3 is 1. The van der Waals surface area contributed by atoms with Crippen LogP contribution in [-0.4, -0.2) is 66.1 Å². The summed E-state index contributed by atoms with van der Waals surface area (Å²) in [7, 11) is 1.36. The normalized spacial score (nSPS) is 47.0. The molecule has 4 aliphatic carbocycles. The van der Waals surface area contributed by atoms with E-state index in [-0.39, 0.29) is 30.0 Å². The molecular formula is C23H24N2O6. The van der Waals surface area contributed by atoms with E-state index in [1.165, 1.54) is 7.11 Å². The predicted octanol–water partition coefficient (Wildman–Crippen LogP) is 1.57. The van der Waals surface area contributed by atoms with Gasteiger partial charge in [-0.3, -0.25) is 14.6 Å². The van der Waals surface area contributed by atoms with Gasteiger partial charge < -0.3 is 19.3 Å². The highest BCUT2D eigenvalue weighted by Crippen LogP contribution is 2.82. The Balaban J connectivity index is 1.55. The molecule has 2 saturated heterocycles. The van der Waals surface area contributed by atoms with Crippen LogP contribution in [0.25, 0.3) is 0 Å². The Hall–Kier alpha value is -2.32. The van der Waals surface area contributed by atoms with Crippen LogP contribution in [0.4, 0.5) is 10.5 Å². The number of hydrogen-bond acceptors (Lipinski definition) is 7. The van der Waals surface area contributed by atoms with Gasteiger partial charge >= 0.3 is 6.09 Å². The van der Waals surface area contributed by atoms with Crippen LogP contribution in [0.5, 0.6) is 11.5 Å². The van der Waals surface area contributed by atoms with Crippen LogP contribution >= 0.6 is 0 Å². The number of aliphatic hydroxyl groups is 1. The molecule has 6 atom stereocenters. The van der Waals surface area contributed by atoms with Crippen molar-refractivity contribution in [2.75, 3.05) is 31.9 Å². The molecule has 3 spiro atoms. The predicted molar refractivity (Wildman–Crippen MR) is 106 cm³/mol. The molecule has 8 aliphatic rings. The fourth-order valence-corrected chi connectivity index (χ4v) is 9.67. The first-order valence-corrected chi connectivity index (χ1v) is 11.3. The summed E-state index contributed by atoms with van der Waals surface area (Å²) in [6, 6.07) is 4.05. The summed E-state index contributed by atoms with van der Waals surface area (Å²) in [5.41, 5.74) is -1.76. The number of benzene rings is 1. The average molecular weight is 424 g/mol. The molecule has 1 aromatic carbocycles. The molecule has 8 nitrogen and oxygen atoms in total. The zero-order valence-electron chi connectivity index (χ0n) is 17.3. The minimum Gasteiger partial charge on any atom is -0.454 e. The number of carbonyl (C=O) groups excluding carboxylic acids is 2. The standard InChI is InChI=1S/C23H24N2O6/c1-29-19(27)25-15-12(3-4-14-16(15)31-11-30-14)23-13-9-24-8-2-5-20(18(23)24)6-7-22(23,25)21(28,10-20)17(13)26/h3-4,13,18,28H,2,5-11H2,1H3. The molecule has 6 fully saturated rings. The Bertz CT molecular complexity index is 1120. The van der Waals surface area contributed by atoms with E-state index in [9.17, 15) is 14.7 Å². The number of fused-ring (bicyclic) bond motifs is 4. The van der Waals surface area contributed by atoms with Crippen LogP contribution in [0.15, 0.2) is 12.1 Å². The Kier molecular flexibility index (Phi) is 2.62. The van der Waals surface area contributed by atoms with Crippen molar-refractivity contribution < 1.29 is 28.9 Å². The van der Waals surface area contributed by atoms with E-state index in [1.807, 2.05) is 12.1 Å². The summed E-state index contributed by atoms with van der Waals surface area (Å²) in [5.74, 6) is 0.703. The second-order valence-electron chi connectivity index (χ2n) is 10.5. The minimum atomic E-state index is -1.57. The lowest BCUT2D eigenvalue weighted by atomic mass is 9.40. The number of Topliss-reactive ketones (excluding diaryl/α,β-unsaturated/α-hetero) is 1. The van der Waals surface area contributed by atoms with Crippen LogP contribution in [-0.2, 0) is 14.9 Å². The summed E-state index contributed by atoms with van der Waals surface area (Å²) in [4.78, 5) is 31.5. The monoisotopic (exact) mass is 424 g/mol. The smallest absolute Gasteiger partial charge is 0.414 e. The van der Waals surface area contributed by atoms with Crippen molar-refractivity contribution in [3.8, 4) is 11.5 Å². The van der Waals surface area contributed by atoms with Gasteiger partial charge in [0, 0.05) is 18.5 Å². The number of rotatable bonds is 0. The molecule has 6 unspecified atom stereocenters. The Morgan fingerprint density at radius 2 is 2.13 bits per heavy atom. The molecule has 1 aromatic rings. The maximum atomic E-state index is 14.0. The zero-order valence-corrected chi connectivity index (χ0v) is 17.3. The number of ether oxygens (including phenoxy) is 3. The fraction of sp³-hybridized carbons (Fsp3) is 0.652. The van der Waals surface area contributed by atoms with Crippen LogP contribution in [0, 0.1) is 11.3 Å². The van der Waals surface area contributed by atoms with Gasteiger partial charge in [0.25, 0.3) is 0 Å². The molecule has 1 N–H and O–H groups in total. The van der Waals surface area contributed by atoms with Gasteiger partial charge in [-0.05, 0) is 55.7 Å². The SMILES string of the molecule is COC(=O)N1c2c(ccc3c2OCO3)C23C4CN5CCCC6(CCC12C(O)(C6)C4=O)C53. The third-order valence-electron chi connectivity index (χ3n) is 10.1. The van der Waals surface area contributed by atoms with E-state index in [0.29, 0.717) is 36.6 Å². The van der Waals surface area contributed by atoms with E-state index >= 15 is 0 Å². The highest BCUT2D eigenvalue weighted by atomic mass is 16.7. The number of carbonyl (C=O) groups is 2. The first-order valence-electron chi connectivity index (χ1n) is 11.3. The van der Waals surface area contributed by atoms with Crippen LogP contribution < -0.4 is 14.4 Å². The number of ketones is 1. The van der Waals surface area contributed by atoms with Gasteiger partial charge in [-0.1, -0.05) is 6.07 Å². The van der Waals surface area contributed by atoms with Gasteiger partial charge in [0.2, 0.25) is 6.79 Å². The van der Waals surface area contributed by atoms with Crippen LogP contribution in [0.3, 0.4) is 0 Å². The third kappa shape index (κ3) is 1.34. The van der Waals surface area contributed by atoms with Crippen LogP contribution in [0.1, 0.15) is 37.7 Å². The maximum Gasteiger partial charge on any atom is 0.414 e. The number of amides is 1. The second kappa shape index (κ2) is 4.71. The van der Waals surface area contributed by atoms with Crippen molar-refractivity contribution in [3.05, 3.63) is 17.7 Å². The van der Waals surface area contributed by atoms with E-state index in [4.69, 9.17) is 14.2 Å². The molecular weight excluding hydrogens is 400 g/mol. The lowest BCUT2D eigenvalue weighted by molar-refractivity contribution is -0.194. The lowest BCUT2D eigenvalue weighted by Gasteiger charge is -2.69. The number of nitrogens with zero attached hydrogens (tertiary/aromatic N) is 2. The second-order valence-corrected chi connectivity index (χ2v) is 10.5. The highest BCUT2D eigenvalue weighted by Gasteiger charge is 2.93. The first-order chi connectivity index (χ1) is 15.0. The first kappa shape index (κ1) is 17.3. The van der Waals surface area contributed by atoms with Crippen molar-refractivity contribution in [3.63, 3.8) is 0 Å². The summed E-state index contributed by atoms with van der Waals surface area (Å²) in [6.07, 6.45) is 3.49. The molecule has 8 heteroatoms. The van der Waals surface area contributed by atoms with E-state index < -0.39 is 22.6 Å². The van der Waals surface area contributed by atoms with Crippen molar-refractivity contribution >= 4 is 17.6 Å². The largest absolute Gasteiger partial charge is 0.454 e. The number of anilines is 1. The molecule has 4 heterocycles. The van der Waals surface area contributed by atoms with Crippen molar-refractivity contribution in [1.29, 1.82) is 0 Å². The van der Waals surface area contributed by atoms with Gasteiger partial charge in [-0.2, -0.15) is 0 Å². The highest BCUT2D eigenvalue weighted by molar-refractivity contribution is 6.08. The molecule has 1 amide bonds. The Morgan fingerprint density at radius 1 is 1.26 bits per heavy atom. The molecule has 0 aromatic heterocycles. The number of piperidine rings is 1. The van der Waals surface area contributed by atoms with Gasteiger partial charge in [-0.25, -0.2) is 4.79 Å². The van der Waals surface area contributed by atoms with Crippen molar-refractivity contribution in [1.82, 2.24) is 4.90 Å². The van der Waals surface area contributed by atoms with E-state index in [2.05, 4.69) is 4.90 Å². The molecule has 4 aliphatic heterocycles. The van der Waals surface area contributed by atoms with Gasteiger partial charge in [-0.15, -0.1) is 0 Å². The van der Waals surface area contributed by atoms with Gasteiger partial charge in [0.15, 0.2) is 17.3 Å². The van der Waals surface area contributed by atoms with Gasteiger partial charge in [0.1, 0.15) is 5.60 Å². The topological polar surface area (TPSA) is 88.5 Å². The average Bonchev–Trinajstić information content (AvgIpc) is 3.47. The molecule has 4 saturated carbocycles. The van der Waals surface area contributed by atoms with E-state index in [0.717, 1.165) is 31.4 Å². The molecule has 9 rings (SSSR count). The summed E-state index contributed by atoms with van der Waals surface area (Å²) < 4.78 is 16.8. The maximum absolute atomic E-state index is 14.0. The molecule has 4 bridgehead atoms. The van der Waals surface area contributed by atoms with E-state index in [1.54, 1.807) is 4.90 Å². The Morgan fingerprint density at radius 3 is 2.97 bits per heavy atom. The summed E-state index contributed by atoms with van der Waals surface area (Å²) >= 11 is 0. The quantitative estimate of drug-likeness (QED) is 0.676. The Labute approximate surface area is 179 Å². The zero-order chi connectivity index (χ0) is 21.0. The summed E-state index contributed by atoms with van der Waals surface area (Å²) in [5, 5.41) is 12.3. The van der Waals surface area contributed by atoms with Crippen molar-refractivity contribution in [2.45, 2.75) is 54.7 Å².